The largest absolute Gasteiger partial charge is 0.310 e. The van der Waals surface area contributed by atoms with E-state index in [9.17, 15) is 0 Å². The van der Waals surface area contributed by atoms with Gasteiger partial charge in [0, 0.05) is 50.0 Å². The molecule has 0 radical (unpaired) electrons. The Morgan fingerprint density at radius 3 is 0.957 bits per heavy atom. The standard InChI is InChI=1S/C66H45N3/c1-5-17-46(18-6-1)48-29-35-56(36-30-48)67(57-37-31-49(32-38-57)47-19-7-2-8-20-47)58-42-52(50-33-39-61-59-25-13-15-27-63(59)68(65(61)44-50)54-21-9-3-10-22-54)41-53(43-58)51-34-40-62-60-26-14-16-28-64(60)69(66(62)45-51)55-23-11-4-12-24-55/h1-45H. The third-order valence-electron chi connectivity index (χ3n) is 13.7. The molecule has 0 unspecified atom stereocenters. The molecule has 3 heteroatoms. The second-order valence-electron chi connectivity index (χ2n) is 17.8. The van der Waals surface area contributed by atoms with Crippen molar-refractivity contribution in [2.24, 2.45) is 0 Å². The van der Waals surface area contributed by atoms with Gasteiger partial charge in [0.2, 0.25) is 0 Å². The highest BCUT2D eigenvalue weighted by Gasteiger charge is 2.20. The van der Waals surface area contributed by atoms with Crippen LogP contribution in [0, 0.1) is 0 Å². The fourth-order valence-corrected chi connectivity index (χ4v) is 10.4. The van der Waals surface area contributed by atoms with Crippen LogP contribution in [0.5, 0.6) is 0 Å². The summed E-state index contributed by atoms with van der Waals surface area (Å²) in [4.78, 5) is 2.41. The van der Waals surface area contributed by atoms with E-state index >= 15 is 0 Å². The SMILES string of the molecule is c1ccc(-c2ccc(N(c3ccc(-c4ccccc4)cc3)c3cc(-c4ccc5c6ccccc6n(-c6ccccc6)c5c4)cc(-c4ccc5c6ccccc6n(-c6ccccc6)c5c4)c3)cc2)cc1. The van der Waals surface area contributed by atoms with Gasteiger partial charge in [-0.2, -0.15) is 0 Å². The predicted octanol–water partition coefficient (Wildman–Crippen LogP) is 18.0. The Labute approximate surface area is 401 Å². The molecule has 0 saturated heterocycles. The van der Waals surface area contributed by atoms with Crippen LogP contribution in [0.4, 0.5) is 17.1 Å². The lowest BCUT2D eigenvalue weighted by Crippen LogP contribution is -2.10. The smallest absolute Gasteiger partial charge is 0.0547 e. The third kappa shape index (κ3) is 7.16. The van der Waals surface area contributed by atoms with E-state index in [0.29, 0.717) is 0 Å². The van der Waals surface area contributed by atoms with Crippen LogP contribution in [0.25, 0.3) is 99.5 Å². The normalized spacial score (nSPS) is 11.5. The Kier molecular flexibility index (Phi) is 9.84. The second-order valence-corrected chi connectivity index (χ2v) is 17.8. The molecule has 0 aliphatic carbocycles. The van der Waals surface area contributed by atoms with Crippen LogP contribution in [0.15, 0.2) is 273 Å². The van der Waals surface area contributed by atoms with E-state index in [2.05, 4.69) is 287 Å². The van der Waals surface area contributed by atoms with Crippen LogP contribution in [0.3, 0.4) is 0 Å². The number of anilines is 3. The molecule has 0 aliphatic heterocycles. The lowest BCUT2D eigenvalue weighted by molar-refractivity contribution is 1.18. The van der Waals surface area contributed by atoms with Crippen molar-refractivity contribution < 1.29 is 0 Å². The second kappa shape index (κ2) is 16.9. The van der Waals surface area contributed by atoms with Gasteiger partial charge in [-0.1, -0.05) is 182 Å². The Hall–Kier alpha value is -9.18. The molecule has 0 spiro atoms. The van der Waals surface area contributed by atoms with Crippen LogP contribution in [-0.2, 0) is 0 Å². The molecule has 2 heterocycles. The quantitative estimate of drug-likeness (QED) is 0.141. The summed E-state index contributed by atoms with van der Waals surface area (Å²) >= 11 is 0. The van der Waals surface area contributed by atoms with E-state index < -0.39 is 0 Å². The van der Waals surface area contributed by atoms with E-state index in [0.717, 1.165) is 50.7 Å². The molecule has 3 nitrogen and oxygen atoms in total. The maximum atomic E-state index is 2.41. The van der Waals surface area contributed by atoms with E-state index in [4.69, 9.17) is 0 Å². The molecule has 324 valence electrons. The summed E-state index contributed by atoms with van der Waals surface area (Å²) in [6, 6.07) is 99.3. The molecular weight excluding hydrogens is 835 g/mol. The molecule has 13 rings (SSSR count). The van der Waals surface area contributed by atoms with Crippen molar-refractivity contribution >= 4 is 60.7 Å². The number of rotatable bonds is 9. The molecular formula is C66H45N3. The monoisotopic (exact) mass is 879 g/mol. The minimum Gasteiger partial charge on any atom is -0.310 e. The summed E-state index contributed by atoms with van der Waals surface area (Å²) in [5, 5.41) is 4.94. The molecule has 69 heavy (non-hydrogen) atoms. The predicted molar refractivity (Wildman–Crippen MR) is 292 cm³/mol. The molecule has 13 aromatic rings. The molecule has 0 aliphatic rings. The molecule has 2 aromatic heterocycles. The van der Waals surface area contributed by atoms with E-state index in [1.807, 2.05) is 0 Å². The number of benzene rings is 11. The summed E-state index contributed by atoms with van der Waals surface area (Å²) in [6.45, 7) is 0. The third-order valence-corrected chi connectivity index (χ3v) is 13.7. The molecule has 0 N–H and O–H groups in total. The van der Waals surface area contributed by atoms with Gasteiger partial charge in [-0.25, -0.2) is 0 Å². The van der Waals surface area contributed by atoms with Gasteiger partial charge >= 0.3 is 0 Å². The molecule has 0 saturated carbocycles. The number of nitrogens with zero attached hydrogens (tertiary/aromatic N) is 3. The van der Waals surface area contributed by atoms with Crippen molar-refractivity contribution in [3.8, 4) is 55.9 Å². The van der Waals surface area contributed by atoms with E-state index in [1.165, 1.54) is 65.9 Å². The summed E-state index contributed by atoms with van der Waals surface area (Å²) in [6.07, 6.45) is 0. The van der Waals surface area contributed by atoms with Gasteiger partial charge in [-0.05, 0) is 136 Å². The number of para-hydroxylation sites is 4. The van der Waals surface area contributed by atoms with Gasteiger partial charge in [-0.15, -0.1) is 0 Å². The van der Waals surface area contributed by atoms with Gasteiger partial charge in [0.1, 0.15) is 0 Å². The van der Waals surface area contributed by atoms with Gasteiger partial charge in [-0.3, -0.25) is 0 Å². The number of fused-ring (bicyclic) bond motifs is 6. The van der Waals surface area contributed by atoms with E-state index in [-0.39, 0.29) is 0 Å². The topological polar surface area (TPSA) is 13.1 Å². The van der Waals surface area contributed by atoms with Crippen LogP contribution in [0.2, 0.25) is 0 Å². The average Bonchev–Trinajstić information content (AvgIpc) is 3.94. The van der Waals surface area contributed by atoms with Gasteiger partial charge < -0.3 is 14.0 Å². The van der Waals surface area contributed by atoms with Gasteiger partial charge in [0.05, 0.1) is 22.1 Å². The first-order chi connectivity index (χ1) is 34.2. The zero-order valence-corrected chi connectivity index (χ0v) is 37.8. The Balaban J connectivity index is 1.05. The fraction of sp³-hybridized carbons (Fsp3) is 0. The lowest BCUT2D eigenvalue weighted by Gasteiger charge is -2.27. The molecule has 0 atom stereocenters. The number of aromatic nitrogens is 2. The van der Waals surface area contributed by atoms with Crippen LogP contribution >= 0.6 is 0 Å². The van der Waals surface area contributed by atoms with Gasteiger partial charge in [0.25, 0.3) is 0 Å². The van der Waals surface area contributed by atoms with Crippen molar-refractivity contribution in [2.45, 2.75) is 0 Å². The summed E-state index contributed by atoms with van der Waals surface area (Å²) in [7, 11) is 0. The zero-order chi connectivity index (χ0) is 45.7. The first-order valence-electron chi connectivity index (χ1n) is 23.7. The first kappa shape index (κ1) is 40.1. The van der Waals surface area contributed by atoms with Crippen molar-refractivity contribution in [3.05, 3.63) is 273 Å². The maximum absolute atomic E-state index is 2.41. The van der Waals surface area contributed by atoms with Crippen molar-refractivity contribution in [2.75, 3.05) is 4.90 Å². The minimum absolute atomic E-state index is 1.06. The minimum atomic E-state index is 1.06. The van der Waals surface area contributed by atoms with Crippen molar-refractivity contribution in [3.63, 3.8) is 0 Å². The first-order valence-corrected chi connectivity index (χ1v) is 23.7. The van der Waals surface area contributed by atoms with Crippen molar-refractivity contribution in [1.29, 1.82) is 0 Å². The highest BCUT2D eigenvalue weighted by Crippen LogP contribution is 2.43. The molecule has 11 aromatic carbocycles. The van der Waals surface area contributed by atoms with E-state index in [1.54, 1.807) is 0 Å². The zero-order valence-electron chi connectivity index (χ0n) is 37.8. The Bertz CT molecular complexity index is 3710. The summed E-state index contributed by atoms with van der Waals surface area (Å²) in [5.74, 6) is 0. The average molecular weight is 880 g/mol. The van der Waals surface area contributed by atoms with Crippen LogP contribution in [-0.4, -0.2) is 9.13 Å². The molecule has 0 amide bonds. The Morgan fingerprint density at radius 1 is 0.203 bits per heavy atom. The lowest BCUT2D eigenvalue weighted by atomic mass is 9.95. The van der Waals surface area contributed by atoms with Crippen molar-refractivity contribution in [1.82, 2.24) is 9.13 Å². The Morgan fingerprint density at radius 2 is 0.536 bits per heavy atom. The summed E-state index contributed by atoms with van der Waals surface area (Å²) < 4.78 is 4.81. The van der Waals surface area contributed by atoms with Crippen LogP contribution < -0.4 is 4.90 Å². The van der Waals surface area contributed by atoms with Gasteiger partial charge in [0.15, 0.2) is 0 Å². The number of hydrogen-bond acceptors (Lipinski definition) is 1. The highest BCUT2D eigenvalue weighted by molar-refractivity contribution is 6.11. The molecule has 0 fully saturated rings. The molecule has 0 bridgehead atoms. The van der Waals surface area contributed by atoms with Crippen LogP contribution in [0.1, 0.15) is 0 Å². The maximum Gasteiger partial charge on any atom is 0.0547 e. The summed E-state index contributed by atoms with van der Waals surface area (Å²) in [5.41, 5.74) is 19.5. The highest BCUT2D eigenvalue weighted by atomic mass is 15.1. The number of hydrogen-bond donors (Lipinski definition) is 0. The fourth-order valence-electron chi connectivity index (χ4n) is 10.4.